The van der Waals surface area contributed by atoms with Gasteiger partial charge >= 0.3 is 6.03 Å². The average Bonchev–Trinajstić information content (AvgIpc) is 2.92. The number of thiazole rings is 1. The summed E-state index contributed by atoms with van der Waals surface area (Å²) in [5.74, 6) is 0. The molecule has 5 nitrogen and oxygen atoms in total. The van der Waals surface area contributed by atoms with Crippen molar-refractivity contribution in [3.63, 3.8) is 0 Å². The molecule has 2 N–H and O–H groups in total. The topological polar surface area (TPSA) is 65.5 Å². The van der Waals surface area contributed by atoms with Gasteiger partial charge in [0.15, 0.2) is 0 Å². The Labute approximate surface area is 147 Å². The number of aryl methyl sites for hydroxylation is 1. The average molecular weight is 347 g/mol. The molecule has 1 heterocycles. The molecule has 0 aliphatic rings. The van der Waals surface area contributed by atoms with Gasteiger partial charge in [0, 0.05) is 23.0 Å². The van der Waals surface area contributed by atoms with Gasteiger partial charge in [-0.2, -0.15) is 0 Å². The number of urea groups is 1. The summed E-state index contributed by atoms with van der Waals surface area (Å²) in [5, 5.41) is 13.4. The van der Waals surface area contributed by atoms with Crippen LogP contribution in [0.3, 0.4) is 0 Å². The van der Waals surface area contributed by atoms with Crippen molar-refractivity contribution >= 4 is 17.4 Å². The van der Waals surface area contributed by atoms with Gasteiger partial charge in [-0.3, -0.25) is 0 Å². The molecule has 0 saturated carbocycles. The SMILES string of the molecule is Cc1nc(-c2ccccc2)sc1CNC(=O)N(CC(C)O)C(C)C. The minimum Gasteiger partial charge on any atom is -0.392 e. The fourth-order valence-corrected chi connectivity index (χ4v) is 3.37. The molecular formula is C18H25N3O2S. The van der Waals surface area contributed by atoms with Crippen molar-refractivity contribution < 1.29 is 9.90 Å². The van der Waals surface area contributed by atoms with E-state index in [2.05, 4.69) is 10.3 Å². The number of hydrogen-bond donors (Lipinski definition) is 2. The second-order valence-electron chi connectivity index (χ2n) is 6.15. The Hall–Kier alpha value is -1.92. The third-order valence-electron chi connectivity index (χ3n) is 3.66. The molecule has 0 aliphatic heterocycles. The lowest BCUT2D eigenvalue weighted by atomic mass is 10.2. The van der Waals surface area contributed by atoms with E-state index in [4.69, 9.17) is 0 Å². The van der Waals surface area contributed by atoms with Crippen LogP contribution in [0.2, 0.25) is 0 Å². The summed E-state index contributed by atoms with van der Waals surface area (Å²) in [6, 6.07) is 9.89. The molecule has 0 aliphatic carbocycles. The molecule has 0 bridgehead atoms. The number of hydrogen-bond acceptors (Lipinski definition) is 4. The summed E-state index contributed by atoms with van der Waals surface area (Å²) in [6.45, 7) is 8.28. The Morgan fingerprint density at radius 2 is 1.96 bits per heavy atom. The van der Waals surface area contributed by atoms with Crippen molar-refractivity contribution in [3.05, 3.63) is 40.9 Å². The molecule has 2 aromatic rings. The maximum atomic E-state index is 12.4. The van der Waals surface area contributed by atoms with E-state index in [-0.39, 0.29) is 12.1 Å². The summed E-state index contributed by atoms with van der Waals surface area (Å²) >= 11 is 1.59. The van der Waals surface area contributed by atoms with Gasteiger partial charge in [0.25, 0.3) is 0 Å². The van der Waals surface area contributed by atoms with E-state index in [1.165, 1.54) is 0 Å². The molecule has 130 valence electrons. The van der Waals surface area contributed by atoms with Crippen molar-refractivity contribution in [2.75, 3.05) is 6.54 Å². The van der Waals surface area contributed by atoms with E-state index < -0.39 is 6.10 Å². The molecule has 24 heavy (non-hydrogen) atoms. The van der Waals surface area contributed by atoms with Crippen LogP contribution in [0.1, 0.15) is 31.3 Å². The minimum atomic E-state index is -0.548. The van der Waals surface area contributed by atoms with Crippen LogP contribution < -0.4 is 5.32 Å². The maximum absolute atomic E-state index is 12.4. The Balaban J connectivity index is 2.04. The smallest absolute Gasteiger partial charge is 0.318 e. The molecule has 1 aromatic heterocycles. The molecule has 0 spiro atoms. The van der Waals surface area contributed by atoms with Crippen LogP contribution in [0.25, 0.3) is 10.6 Å². The standard InChI is InChI=1S/C18H25N3O2S/c1-12(2)21(11-13(3)22)18(23)19-10-16-14(4)20-17(24-16)15-8-6-5-7-9-15/h5-9,12-13,22H,10-11H2,1-4H3,(H,19,23). The second-order valence-corrected chi connectivity index (χ2v) is 7.23. The normalized spacial score (nSPS) is 12.2. The second kappa shape index (κ2) is 8.26. The lowest BCUT2D eigenvalue weighted by Gasteiger charge is -2.28. The van der Waals surface area contributed by atoms with E-state index in [9.17, 15) is 9.90 Å². The number of aliphatic hydroxyl groups excluding tert-OH is 1. The fraction of sp³-hybridized carbons (Fsp3) is 0.444. The Kier molecular flexibility index (Phi) is 6.34. The predicted octanol–water partition coefficient (Wildman–Crippen LogP) is 3.42. The maximum Gasteiger partial charge on any atom is 0.318 e. The van der Waals surface area contributed by atoms with E-state index in [1.54, 1.807) is 23.2 Å². The van der Waals surface area contributed by atoms with E-state index in [0.29, 0.717) is 13.1 Å². The van der Waals surface area contributed by atoms with Gasteiger partial charge in [-0.05, 0) is 27.7 Å². The van der Waals surface area contributed by atoms with Crippen LogP contribution in [0.15, 0.2) is 30.3 Å². The quantitative estimate of drug-likeness (QED) is 0.841. The van der Waals surface area contributed by atoms with Gasteiger partial charge in [0.05, 0.1) is 18.3 Å². The van der Waals surface area contributed by atoms with Gasteiger partial charge in [-0.25, -0.2) is 9.78 Å². The zero-order valence-electron chi connectivity index (χ0n) is 14.6. The number of amides is 2. The van der Waals surface area contributed by atoms with E-state index in [1.807, 2.05) is 51.1 Å². The van der Waals surface area contributed by atoms with E-state index >= 15 is 0 Å². The third kappa shape index (κ3) is 4.79. The van der Waals surface area contributed by atoms with Gasteiger partial charge in [0.1, 0.15) is 5.01 Å². The van der Waals surface area contributed by atoms with Crippen molar-refractivity contribution in [2.45, 2.75) is 46.4 Å². The Bertz CT molecular complexity index is 668. The largest absolute Gasteiger partial charge is 0.392 e. The van der Waals surface area contributed by atoms with Crippen LogP contribution in [0, 0.1) is 6.92 Å². The van der Waals surface area contributed by atoms with Crippen molar-refractivity contribution in [3.8, 4) is 10.6 Å². The van der Waals surface area contributed by atoms with Crippen LogP contribution in [-0.4, -0.2) is 39.7 Å². The van der Waals surface area contributed by atoms with Gasteiger partial charge < -0.3 is 15.3 Å². The van der Waals surface area contributed by atoms with Crippen LogP contribution in [-0.2, 0) is 6.54 Å². The monoisotopic (exact) mass is 347 g/mol. The summed E-state index contributed by atoms with van der Waals surface area (Å²) < 4.78 is 0. The summed E-state index contributed by atoms with van der Waals surface area (Å²) in [4.78, 5) is 19.7. The predicted molar refractivity (Wildman–Crippen MR) is 98.0 cm³/mol. The first kappa shape index (κ1) is 18.4. The highest BCUT2D eigenvalue weighted by Gasteiger charge is 2.19. The number of nitrogens with zero attached hydrogens (tertiary/aromatic N) is 2. The molecule has 0 saturated heterocycles. The highest BCUT2D eigenvalue weighted by Crippen LogP contribution is 2.27. The minimum absolute atomic E-state index is 0.0297. The molecule has 2 rings (SSSR count). The molecule has 2 amide bonds. The van der Waals surface area contributed by atoms with Crippen LogP contribution in [0.5, 0.6) is 0 Å². The highest BCUT2D eigenvalue weighted by atomic mass is 32.1. The molecule has 1 aromatic carbocycles. The highest BCUT2D eigenvalue weighted by molar-refractivity contribution is 7.15. The van der Waals surface area contributed by atoms with Gasteiger partial charge in [-0.1, -0.05) is 30.3 Å². The summed E-state index contributed by atoms with van der Waals surface area (Å²) in [5.41, 5.74) is 2.02. The number of aliphatic hydroxyl groups is 1. The number of carbonyl (C=O) groups excluding carboxylic acids is 1. The zero-order valence-corrected chi connectivity index (χ0v) is 15.4. The number of nitrogens with one attached hydrogen (secondary N) is 1. The van der Waals surface area contributed by atoms with Crippen LogP contribution in [0.4, 0.5) is 4.79 Å². The number of rotatable bonds is 6. The van der Waals surface area contributed by atoms with Gasteiger partial charge in [0.2, 0.25) is 0 Å². The van der Waals surface area contributed by atoms with E-state index in [0.717, 1.165) is 21.1 Å². The zero-order chi connectivity index (χ0) is 17.7. The molecular weight excluding hydrogens is 322 g/mol. The molecule has 6 heteroatoms. The molecule has 0 fully saturated rings. The van der Waals surface area contributed by atoms with Crippen LogP contribution >= 0.6 is 11.3 Å². The molecule has 1 atom stereocenters. The van der Waals surface area contributed by atoms with Gasteiger partial charge in [-0.15, -0.1) is 11.3 Å². The van der Waals surface area contributed by atoms with Crippen molar-refractivity contribution in [2.24, 2.45) is 0 Å². The first-order chi connectivity index (χ1) is 11.4. The Morgan fingerprint density at radius 3 is 2.54 bits per heavy atom. The Morgan fingerprint density at radius 1 is 1.29 bits per heavy atom. The third-order valence-corrected chi connectivity index (χ3v) is 4.87. The first-order valence-corrected chi connectivity index (χ1v) is 8.94. The fourth-order valence-electron chi connectivity index (χ4n) is 2.37. The number of benzene rings is 1. The first-order valence-electron chi connectivity index (χ1n) is 8.12. The number of aromatic nitrogens is 1. The number of carbonyl (C=O) groups is 1. The van der Waals surface area contributed by atoms with Crippen molar-refractivity contribution in [1.82, 2.24) is 15.2 Å². The lowest BCUT2D eigenvalue weighted by Crippen LogP contribution is -2.46. The van der Waals surface area contributed by atoms with Crippen molar-refractivity contribution in [1.29, 1.82) is 0 Å². The summed E-state index contributed by atoms with van der Waals surface area (Å²) in [7, 11) is 0. The molecule has 0 radical (unpaired) electrons. The summed E-state index contributed by atoms with van der Waals surface area (Å²) in [6.07, 6.45) is -0.548. The lowest BCUT2D eigenvalue weighted by molar-refractivity contribution is 0.119. The molecule has 1 unspecified atom stereocenters.